The van der Waals surface area contributed by atoms with E-state index in [0.29, 0.717) is 11.3 Å². The molecule has 29 heavy (non-hydrogen) atoms. The molecule has 0 aliphatic heterocycles. The molecule has 3 rings (SSSR count). The molecule has 0 aliphatic carbocycles. The first-order valence-corrected chi connectivity index (χ1v) is 10.4. The zero-order valence-electron chi connectivity index (χ0n) is 17.1. The lowest BCUT2D eigenvalue weighted by atomic mass is 9.98. The highest BCUT2D eigenvalue weighted by Crippen LogP contribution is 2.36. The molecule has 5 heteroatoms. The van der Waals surface area contributed by atoms with Gasteiger partial charge in [-0.25, -0.2) is 4.98 Å². The van der Waals surface area contributed by atoms with E-state index in [-0.39, 0.29) is 6.10 Å². The number of nitrogens with zero attached hydrogens (tertiary/aromatic N) is 2. The molecule has 0 atom stereocenters. The van der Waals surface area contributed by atoms with Crippen molar-refractivity contribution in [3.63, 3.8) is 0 Å². The number of aromatic nitrogens is 1. The first-order valence-electron chi connectivity index (χ1n) is 9.56. The largest absolute Gasteiger partial charge is 0.504 e. The van der Waals surface area contributed by atoms with Crippen LogP contribution >= 0.6 is 11.3 Å². The fourth-order valence-electron chi connectivity index (χ4n) is 3.17. The van der Waals surface area contributed by atoms with Gasteiger partial charge in [0.1, 0.15) is 16.8 Å². The summed E-state index contributed by atoms with van der Waals surface area (Å²) in [5.74, 6) is 0.605. The van der Waals surface area contributed by atoms with Gasteiger partial charge in [-0.15, -0.1) is 11.3 Å². The molecule has 0 fully saturated rings. The van der Waals surface area contributed by atoms with Gasteiger partial charge in [-0.05, 0) is 61.2 Å². The molecule has 3 aromatic rings. The number of nitriles is 1. The monoisotopic (exact) mass is 404 g/mol. The second-order valence-corrected chi connectivity index (χ2v) is 7.82. The Labute approximate surface area is 176 Å². The Morgan fingerprint density at radius 1 is 1.24 bits per heavy atom. The van der Waals surface area contributed by atoms with Gasteiger partial charge in [0, 0.05) is 11.8 Å². The summed E-state index contributed by atoms with van der Waals surface area (Å²) in [4.78, 5) is 5.72. The Bertz CT molecular complexity index is 1060. The van der Waals surface area contributed by atoms with E-state index in [1.54, 1.807) is 24.7 Å². The Morgan fingerprint density at radius 2 is 2.07 bits per heavy atom. The maximum absolute atomic E-state index is 9.49. The number of methoxy groups -OCH3 is 1. The molecule has 148 valence electrons. The summed E-state index contributed by atoms with van der Waals surface area (Å²) in [6.45, 7) is 6.05. The minimum atomic E-state index is 0.0197. The first-order chi connectivity index (χ1) is 14.1. The summed E-state index contributed by atoms with van der Waals surface area (Å²) < 4.78 is 10.8. The van der Waals surface area contributed by atoms with Gasteiger partial charge in [0.2, 0.25) is 0 Å². The lowest BCUT2D eigenvalue weighted by Gasteiger charge is -2.11. The van der Waals surface area contributed by atoms with Crippen LogP contribution in [0.5, 0.6) is 5.75 Å². The summed E-state index contributed by atoms with van der Waals surface area (Å²) >= 11 is 1.62. The van der Waals surface area contributed by atoms with E-state index in [2.05, 4.69) is 36.2 Å². The van der Waals surface area contributed by atoms with Crippen LogP contribution in [0, 0.1) is 11.3 Å². The number of thiazole rings is 1. The Hall–Kier alpha value is -3.10. The van der Waals surface area contributed by atoms with Gasteiger partial charge < -0.3 is 9.47 Å². The van der Waals surface area contributed by atoms with Crippen LogP contribution < -0.4 is 4.74 Å². The SMILES string of the molecule is CCc1c(C=COC)cccc1-c1cnc(-c2ccc(OC(C)C)c(C#N)c2)s1. The number of benzene rings is 2. The smallest absolute Gasteiger partial charge is 0.137 e. The normalized spacial score (nSPS) is 11.0. The molecule has 0 unspecified atom stereocenters. The molecular formula is C24H24N2O2S. The van der Waals surface area contributed by atoms with E-state index in [1.807, 2.05) is 44.3 Å². The number of hydrogen-bond donors (Lipinski definition) is 0. The topological polar surface area (TPSA) is 55.1 Å². The predicted molar refractivity (Wildman–Crippen MR) is 119 cm³/mol. The molecule has 0 aliphatic rings. The second-order valence-electron chi connectivity index (χ2n) is 6.78. The highest BCUT2D eigenvalue weighted by molar-refractivity contribution is 7.18. The molecular weight excluding hydrogens is 380 g/mol. The second kappa shape index (κ2) is 9.40. The van der Waals surface area contributed by atoms with Crippen LogP contribution in [0.3, 0.4) is 0 Å². The van der Waals surface area contributed by atoms with Crippen LogP contribution in [-0.2, 0) is 11.2 Å². The van der Waals surface area contributed by atoms with Gasteiger partial charge in [-0.3, -0.25) is 0 Å². The van der Waals surface area contributed by atoms with Crippen LogP contribution in [0.4, 0.5) is 0 Å². The fraction of sp³-hybridized carbons (Fsp3) is 0.250. The lowest BCUT2D eigenvalue weighted by molar-refractivity contribution is 0.242. The van der Waals surface area contributed by atoms with Crippen LogP contribution in [0.1, 0.15) is 37.5 Å². The van der Waals surface area contributed by atoms with Crippen molar-refractivity contribution in [3.8, 4) is 32.8 Å². The van der Waals surface area contributed by atoms with Gasteiger partial charge in [-0.1, -0.05) is 25.1 Å². The molecule has 4 nitrogen and oxygen atoms in total. The quantitative estimate of drug-likeness (QED) is 0.433. The molecule has 0 amide bonds. The predicted octanol–water partition coefficient (Wildman–Crippen LogP) is 6.32. The third-order valence-corrected chi connectivity index (χ3v) is 5.51. The van der Waals surface area contributed by atoms with Gasteiger partial charge in [0.15, 0.2) is 0 Å². The van der Waals surface area contributed by atoms with Crippen molar-refractivity contribution in [3.05, 3.63) is 65.5 Å². The van der Waals surface area contributed by atoms with Crippen molar-refractivity contribution in [2.45, 2.75) is 33.3 Å². The first kappa shape index (κ1) is 20.6. The molecule has 1 heterocycles. The van der Waals surface area contributed by atoms with Gasteiger partial charge in [0.25, 0.3) is 0 Å². The molecule has 0 bridgehead atoms. The van der Waals surface area contributed by atoms with Crippen LogP contribution in [-0.4, -0.2) is 18.2 Å². The molecule has 0 N–H and O–H groups in total. The number of rotatable bonds is 7. The molecule has 2 aromatic carbocycles. The van der Waals surface area contributed by atoms with Crippen LogP contribution in [0.25, 0.3) is 27.1 Å². The molecule has 0 saturated carbocycles. The van der Waals surface area contributed by atoms with Crippen molar-refractivity contribution >= 4 is 17.4 Å². The Balaban J connectivity index is 1.98. The maximum Gasteiger partial charge on any atom is 0.137 e. The summed E-state index contributed by atoms with van der Waals surface area (Å²) in [5, 5.41) is 10.4. The van der Waals surface area contributed by atoms with Gasteiger partial charge in [-0.2, -0.15) is 5.26 Å². The lowest BCUT2D eigenvalue weighted by Crippen LogP contribution is -2.06. The van der Waals surface area contributed by atoms with E-state index < -0.39 is 0 Å². The highest BCUT2D eigenvalue weighted by atomic mass is 32.1. The van der Waals surface area contributed by atoms with E-state index in [4.69, 9.17) is 9.47 Å². The summed E-state index contributed by atoms with van der Waals surface area (Å²) in [6.07, 6.45) is 6.51. The molecule has 0 radical (unpaired) electrons. The number of hydrogen-bond acceptors (Lipinski definition) is 5. The van der Waals surface area contributed by atoms with Crippen molar-refractivity contribution in [1.29, 1.82) is 5.26 Å². The minimum Gasteiger partial charge on any atom is -0.504 e. The highest BCUT2D eigenvalue weighted by Gasteiger charge is 2.14. The van der Waals surface area contributed by atoms with E-state index >= 15 is 0 Å². The van der Waals surface area contributed by atoms with Crippen molar-refractivity contribution in [1.82, 2.24) is 4.98 Å². The number of ether oxygens (including phenoxy) is 2. The van der Waals surface area contributed by atoms with Gasteiger partial charge >= 0.3 is 0 Å². The van der Waals surface area contributed by atoms with Crippen LogP contribution in [0.2, 0.25) is 0 Å². The summed E-state index contributed by atoms with van der Waals surface area (Å²) in [5.41, 5.74) is 5.02. The third kappa shape index (κ3) is 4.67. The minimum absolute atomic E-state index is 0.0197. The zero-order chi connectivity index (χ0) is 20.8. The van der Waals surface area contributed by atoms with E-state index in [1.165, 1.54) is 11.1 Å². The summed E-state index contributed by atoms with van der Waals surface area (Å²) in [6, 6.07) is 14.1. The van der Waals surface area contributed by atoms with E-state index in [9.17, 15) is 5.26 Å². The molecule has 0 spiro atoms. The maximum atomic E-state index is 9.49. The molecule has 1 aromatic heterocycles. The third-order valence-electron chi connectivity index (χ3n) is 4.43. The van der Waals surface area contributed by atoms with Crippen LogP contribution in [0.15, 0.2) is 48.9 Å². The standard InChI is InChI=1S/C24H24N2O2S/c1-5-20-17(11-12-27-4)7-6-8-21(20)23-15-26-24(29-23)18-9-10-22(28-16(2)3)19(13-18)14-25/h6-13,15-16H,5H2,1-4H3. The fourth-order valence-corrected chi connectivity index (χ4v) is 4.13. The Morgan fingerprint density at radius 3 is 2.76 bits per heavy atom. The van der Waals surface area contributed by atoms with E-state index in [0.717, 1.165) is 27.4 Å². The Kier molecular flexibility index (Phi) is 6.69. The van der Waals surface area contributed by atoms with Crippen molar-refractivity contribution in [2.24, 2.45) is 0 Å². The summed E-state index contributed by atoms with van der Waals surface area (Å²) in [7, 11) is 1.65. The average Bonchev–Trinajstić information content (AvgIpc) is 3.21. The zero-order valence-corrected chi connectivity index (χ0v) is 17.9. The molecule has 0 saturated heterocycles. The average molecular weight is 405 g/mol. The van der Waals surface area contributed by atoms with Crippen molar-refractivity contribution < 1.29 is 9.47 Å². The van der Waals surface area contributed by atoms with Gasteiger partial charge in [0.05, 0.1) is 29.9 Å². The van der Waals surface area contributed by atoms with Crippen molar-refractivity contribution in [2.75, 3.05) is 7.11 Å².